The SMILES string of the molecule is C=CCC12CCCCC1=Nc1ccc(C)cc12. The largest absolute Gasteiger partial charge is 0.257 e. The third kappa shape index (κ3) is 1.49. The molecule has 3 rings (SSSR count). The normalized spacial score (nSPS) is 26.1. The molecule has 0 saturated heterocycles. The van der Waals surface area contributed by atoms with Crippen LogP contribution in [0, 0.1) is 6.92 Å². The maximum absolute atomic E-state index is 4.87. The standard InChI is InChI=1S/C16H19N/c1-3-9-16-10-5-4-6-15(16)17-14-8-7-12(2)11-13(14)16/h3,7-8,11H,1,4-6,9-10H2,2H3. The van der Waals surface area contributed by atoms with Crippen LogP contribution >= 0.6 is 0 Å². The summed E-state index contributed by atoms with van der Waals surface area (Å²) in [6, 6.07) is 6.68. The molecule has 1 aromatic carbocycles. The molecule has 1 aliphatic carbocycles. The van der Waals surface area contributed by atoms with E-state index in [1.165, 1.54) is 48.2 Å². The van der Waals surface area contributed by atoms with E-state index in [-0.39, 0.29) is 5.41 Å². The molecule has 1 heteroatoms. The molecule has 1 atom stereocenters. The van der Waals surface area contributed by atoms with Crippen molar-refractivity contribution < 1.29 is 0 Å². The predicted octanol–water partition coefficient (Wildman–Crippen LogP) is 4.47. The molecule has 0 aromatic heterocycles. The highest BCUT2D eigenvalue weighted by molar-refractivity contribution is 6.02. The zero-order valence-electron chi connectivity index (χ0n) is 10.5. The van der Waals surface area contributed by atoms with Crippen molar-refractivity contribution in [2.45, 2.75) is 44.4 Å². The van der Waals surface area contributed by atoms with Gasteiger partial charge in [0, 0.05) is 11.1 Å². The van der Waals surface area contributed by atoms with Gasteiger partial charge in [-0.2, -0.15) is 0 Å². The number of aliphatic imine (C=N–C) groups is 1. The van der Waals surface area contributed by atoms with Crippen LogP contribution in [0.2, 0.25) is 0 Å². The number of hydrogen-bond acceptors (Lipinski definition) is 1. The maximum atomic E-state index is 4.87. The molecule has 1 fully saturated rings. The number of benzene rings is 1. The van der Waals surface area contributed by atoms with Crippen LogP contribution in [-0.4, -0.2) is 5.71 Å². The van der Waals surface area contributed by atoms with Crippen molar-refractivity contribution in [1.82, 2.24) is 0 Å². The first-order valence-corrected chi connectivity index (χ1v) is 6.56. The monoisotopic (exact) mass is 225 g/mol. The van der Waals surface area contributed by atoms with Gasteiger partial charge in [0.1, 0.15) is 0 Å². The highest BCUT2D eigenvalue weighted by Gasteiger charge is 2.43. The van der Waals surface area contributed by atoms with Gasteiger partial charge in [0.25, 0.3) is 0 Å². The summed E-state index contributed by atoms with van der Waals surface area (Å²) >= 11 is 0. The number of aryl methyl sites for hydroxylation is 1. The fourth-order valence-electron chi connectivity index (χ4n) is 3.41. The van der Waals surface area contributed by atoms with Crippen LogP contribution in [0.3, 0.4) is 0 Å². The minimum Gasteiger partial charge on any atom is -0.257 e. The fourth-order valence-corrected chi connectivity index (χ4v) is 3.41. The van der Waals surface area contributed by atoms with E-state index in [0.29, 0.717) is 0 Å². The highest BCUT2D eigenvalue weighted by atomic mass is 14.8. The Kier molecular flexibility index (Phi) is 2.43. The molecule has 0 N–H and O–H groups in total. The van der Waals surface area contributed by atoms with Gasteiger partial charge in [-0.15, -0.1) is 6.58 Å². The Balaban J connectivity index is 2.17. The molecule has 1 aromatic rings. The van der Waals surface area contributed by atoms with E-state index in [9.17, 15) is 0 Å². The second-order valence-electron chi connectivity index (χ2n) is 5.36. The number of fused-ring (bicyclic) bond motifs is 3. The van der Waals surface area contributed by atoms with E-state index in [1.54, 1.807) is 0 Å². The van der Waals surface area contributed by atoms with E-state index in [4.69, 9.17) is 4.99 Å². The topological polar surface area (TPSA) is 12.4 Å². The lowest BCUT2D eigenvalue weighted by molar-refractivity contribution is 0.467. The van der Waals surface area contributed by atoms with E-state index < -0.39 is 0 Å². The summed E-state index contributed by atoms with van der Waals surface area (Å²) in [5.41, 5.74) is 5.60. The predicted molar refractivity (Wildman–Crippen MR) is 73.2 cm³/mol. The lowest BCUT2D eigenvalue weighted by Crippen LogP contribution is -2.35. The molecule has 0 radical (unpaired) electrons. The Hall–Kier alpha value is -1.37. The molecule has 1 nitrogen and oxygen atoms in total. The van der Waals surface area contributed by atoms with Gasteiger partial charge in [-0.05, 0) is 44.2 Å². The first-order valence-electron chi connectivity index (χ1n) is 6.56. The van der Waals surface area contributed by atoms with Gasteiger partial charge in [0.05, 0.1) is 5.69 Å². The first-order chi connectivity index (χ1) is 8.26. The van der Waals surface area contributed by atoms with E-state index in [1.807, 2.05) is 0 Å². The second-order valence-corrected chi connectivity index (χ2v) is 5.36. The summed E-state index contributed by atoms with van der Waals surface area (Å²) in [5.74, 6) is 0. The fraction of sp³-hybridized carbons (Fsp3) is 0.438. The van der Waals surface area contributed by atoms with Crippen LogP contribution in [0.1, 0.15) is 43.2 Å². The van der Waals surface area contributed by atoms with Crippen molar-refractivity contribution in [3.8, 4) is 0 Å². The van der Waals surface area contributed by atoms with Crippen LogP contribution in [0.25, 0.3) is 0 Å². The third-order valence-corrected chi connectivity index (χ3v) is 4.24. The van der Waals surface area contributed by atoms with E-state index in [2.05, 4.69) is 37.8 Å². The Morgan fingerprint density at radius 1 is 1.41 bits per heavy atom. The van der Waals surface area contributed by atoms with Gasteiger partial charge >= 0.3 is 0 Å². The Morgan fingerprint density at radius 2 is 2.29 bits per heavy atom. The van der Waals surface area contributed by atoms with Crippen molar-refractivity contribution in [3.63, 3.8) is 0 Å². The number of rotatable bonds is 2. The van der Waals surface area contributed by atoms with E-state index >= 15 is 0 Å². The zero-order chi connectivity index (χ0) is 11.9. The molecule has 0 amide bonds. The number of allylic oxidation sites excluding steroid dienone is 1. The molecule has 0 bridgehead atoms. The van der Waals surface area contributed by atoms with Crippen LogP contribution in [-0.2, 0) is 5.41 Å². The van der Waals surface area contributed by atoms with Gasteiger partial charge in [-0.3, -0.25) is 4.99 Å². The van der Waals surface area contributed by atoms with Gasteiger partial charge in [-0.25, -0.2) is 0 Å². The maximum Gasteiger partial charge on any atom is 0.0671 e. The third-order valence-electron chi connectivity index (χ3n) is 4.24. The Bertz CT molecular complexity index is 498. The van der Waals surface area contributed by atoms with Crippen LogP contribution in [0.4, 0.5) is 5.69 Å². The molecule has 1 saturated carbocycles. The summed E-state index contributed by atoms with van der Waals surface area (Å²) < 4.78 is 0. The summed E-state index contributed by atoms with van der Waals surface area (Å²) in [4.78, 5) is 4.87. The van der Waals surface area contributed by atoms with Crippen molar-refractivity contribution in [3.05, 3.63) is 42.0 Å². The molecular weight excluding hydrogens is 206 g/mol. The number of nitrogens with zero attached hydrogens (tertiary/aromatic N) is 1. The molecule has 1 aliphatic heterocycles. The highest BCUT2D eigenvalue weighted by Crippen LogP contribution is 2.49. The zero-order valence-corrected chi connectivity index (χ0v) is 10.5. The lowest BCUT2D eigenvalue weighted by Gasteiger charge is -2.35. The molecule has 0 spiro atoms. The van der Waals surface area contributed by atoms with Gasteiger partial charge in [0.2, 0.25) is 0 Å². The summed E-state index contributed by atoms with van der Waals surface area (Å²) in [6.07, 6.45) is 8.14. The van der Waals surface area contributed by atoms with Crippen molar-refractivity contribution in [1.29, 1.82) is 0 Å². The van der Waals surface area contributed by atoms with Gasteiger partial charge in [0.15, 0.2) is 0 Å². The van der Waals surface area contributed by atoms with Crippen molar-refractivity contribution in [2.75, 3.05) is 0 Å². The van der Waals surface area contributed by atoms with Crippen LogP contribution < -0.4 is 0 Å². The lowest BCUT2D eigenvalue weighted by atomic mass is 9.67. The van der Waals surface area contributed by atoms with E-state index in [0.717, 1.165) is 6.42 Å². The molecule has 1 heterocycles. The smallest absolute Gasteiger partial charge is 0.0671 e. The minimum atomic E-state index is 0.196. The Morgan fingerprint density at radius 3 is 3.12 bits per heavy atom. The van der Waals surface area contributed by atoms with Gasteiger partial charge in [-0.1, -0.05) is 30.2 Å². The average molecular weight is 225 g/mol. The molecule has 2 aliphatic rings. The minimum absolute atomic E-state index is 0.196. The summed E-state index contributed by atoms with van der Waals surface area (Å²) in [7, 11) is 0. The average Bonchev–Trinajstić information content (AvgIpc) is 2.64. The van der Waals surface area contributed by atoms with Gasteiger partial charge < -0.3 is 0 Å². The molecule has 17 heavy (non-hydrogen) atoms. The second kappa shape index (κ2) is 3.83. The molecular formula is C16H19N. The Labute approximate surface area is 103 Å². The van der Waals surface area contributed by atoms with Crippen LogP contribution in [0.5, 0.6) is 0 Å². The first kappa shape index (κ1) is 10.8. The quantitative estimate of drug-likeness (QED) is 0.658. The van der Waals surface area contributed by atoms with Crippen molar-refractivity contribution >= 4 is 11.4 Å². The molecule has 1 unspecified atom stereocenters. The molecule has 88 valence electrons. The summed E-state index contributed by atoms with van der Waals surface area (Å²) in [5, 5.41) is 0. The number of hydrogen-bond donors (Lipinski definition) is 0. The van der Waals surface area contributed by atoms with Crippen LogP contribution in [0.15, 0.2) is 35.8 Å². The van der Waals surface area contributed by atoms with Crippen molar-refractivity contribution in [2.24, 2.45) is 4.99 Å². The summed E-state index contributed by atoms with van der Waals surface area (Å²) in [6.45, 7) is 6.12.